The molecule has 4 heterocycles. The van der Waals surface area contributed by atoms with Crippen LogP contribution in [0, 0.1) is 0 Å². The number of carbonyl (C=O) groups excluding carboxylic acids is 1. The third-order valence-electron chi connectivity index (χ3n) is 6.14. The molecule has 2 aliphatic heterocycles. The number of aromatic nitrogens is 3. The van der Waals surface area contributed by atoms with Crippen molar-refractivity contribution < 1.29 is 24.1 Å². The Bertz CT molecular complexity index is 1320. The first kappa shape index (κ1) is 24.1. The minimum Gasteiger partial charge on any atom is -0.467 e. The van der Waals surface area contributed by atoms with Gasteiger partial charge < -0.3 is 34.1 Å². The van der Waals surface area contributed by atoms with E-state index in [-0.39, 0.29) is 6.01 Å². The molecule has 0 saturated carbocycles. The Morgan fingerprint density at radius 1 is 1.25 bits per heavy atom. The van der Waals surface area contributed by atoms with Crippen molar-refractivity contribution in [1.82, 2.24) is 19.9 Å². The SMILES string of the molecule is COC(=O)C(C)N1C=C(Oc2nc3nc(-c4ccc(N5CCOCC5)cc4)c(Cl)cc3[nH]2)C=CC1O. The summed E-state index contributed by atoms with van der Waals surface area (Å²) in [7, 11) is 1.30. The van der Waals surface area contributed by atoms with Gasteiger partial charge in [0, 0.05) is 30.5 Å². The van der Waals surface area contributed by atoms with Gasteiger partial charge in [-0.05, 0) is 37.3 Å². The van der Waals surface area contributed by atoms with Crippen molar-refractivity contribution in [2.24, 2.45) is 0 Å². The Balaban J connectivity index is 1.36. The van der Waals surface area contributed by atoms with Gasteiger partial charge in [-0.25, -0.2) is 9.78 Å². The molecule has 2 atom stereocenters. The maximum absolute atomic E-state index is 11.9. The highest BCUT2D eigenvalue weighted by Gasteiger charge is 2.27. The Labute approximate surface area is 212 Å². The number of carbonyl (C=O) groups is 1. The van der Waals surface area contributed by atoms with E-state index in [4.69, 9.17) is 25.8 Å². The molecule has 1 fully saturated rings. The van der Waals surface area contributed by atoms with Crippen molar-refractivity contribution in [2.75, 3.05) is 38.3 Å². The molecular weight excluding hydrogens is 486 g/mol. The molecule has 2 unspecified atom stereocenters. The fraction of sp³-hybridized carbons (Fsp3) is 0.320. The van der Waals surface area contributed by atoms with Gasteiger partial charge in [0.05, 0.1) is 36.6 Å². The predicted octanol–water partition coefficient (Wildman–Crippen LogP) is 3.09. The standard InChI is InChI=1S/C25H26ClN5O5/c1-15(24(33)34-2)31-14-18(7-8-21(31)32)36-25-27-20-13-19(26)22(28-23(20)29-25)16-3-5-17(6-4-16)30-9-11-35-12-10-30/h3-8,13-15,21,32H,9-12H2,1-2H3,(H,27,28,29). The number of morpholine rings is 1. The number of ether oxygens (including phenoxy) is 3. The van der Waals surface area contributed by atoms with Crippen LogP contribution in [0.2, 0.25) is 5.02 Å². The summed E-state index contributed by atoms with van der Waals surface area (Å²) < 4.78 is 16.1. The van der Waals surface area contributed by atoms with Crippen LogP contribution < -0.4 is 9.64 Å². The molecule has 36 heavy (non-hydrogen) atoms. The topological polar surface area (TPSA) is 113 Å². The lowest BCUT2D eigenvalue weighted by molar-refractivity contribution is -0.147. The number of anilines is 1. The molecule has 11 heteroatoms. The summed E-state index contributed by atoms with van der Waals surface area (Å²) >= 11 is 6.56. The highest BCUT2D eigenvalue weighted by atomic mass is 35.5. The summed E-state index contributed by atoms with van der Waals surface area (Å²) in [6.07, 6.45) is 3.65. The van der Waals surface area contributed by atoms with Crippen LogP contribution in [0.5, 0.6) is 6.01 Å². The minimum absolute atomic E-state index is 0.200. The number of aliphatic hydroxyl groups excluding tert-OH is 1. The molecule has 0 amide bonds. The maximum atomic E-state index is 11.9. The van der Waals surface area contributed by atoms with Gasteiger partial charge in [0.25, 0.3) is 0 Å². The number of fused-ring (bicyclic) bond motifs is 1. The van der Waals surface area contributed by atoms with Crippen LogP contribution in [0.3, 0.4) is 0 Å². The van der Waals surface area contributed by atoms with Crippen molar-refractivity contribution in [1.29, 1.82) is 0 Å². The average molecular weight is 512 g/mol. The van der Waals surface area contributed by atoms with Gasteiger partial charge in [0.15, 0.2) is 5.65 Å². The second-order valence-electron chi connectivity index (χ2n) is 8.43. The van der Waals surface area contributed by atoms with Gasteiger partial charge in [-0.15, -0.1) is 0 Å². The molecule has 1 aromatic carbocycles. The summed E-state index contributed by atoms with van der Waals surface area (Å²) in [6.45, 7) is 4.81. The second kappa shape index (κ2) is 10.2. The van der Waals surface area contributed by atoms with E-state index in [2.05, 4.69) is 32.0 Å². The minimum atomic E-state index is -0.986. The van der Waals surface area contributed by atoms with E-state index < -0.39 is 18.2 Å². The Morgan fingerprint density at radius 2 is 2.00 bits per heavy atom. The van der Waals surface area contributed by atoms with Crippen molar-refractivity contribution in [3.63, 3.8) is 0 Å². The number of nitrogens with zero attached hydrogens (tertiary/aromatic N) is 4. The van der Waals surface area contributed by atoms with Gasteiger partial charge in [-0.2, -0.15) is 4.98 Å². The number of methoxy groups -OCH3 is 1. The van der Waals surface area contributed by atoms with Gasteiger partial charge >= 0.3 is 12.0 Å². The van der Waals surface area contributed by atoms with Gasteiger partial charge in [-0.3, -0.25) is 0 Å². The van der Waals surface area contributed by atoms with E-state index in [1.54, 1.807) is 19.1 Å². The first-order valence-corrected chi connectivity index (χ1v) is 11.9. The highest BCUT2D eigenvalue weighted by Crippen LogP contribution is 2.31. The summed E-state index contributed by atoms with van der Waals surface area (Å²) in [4.78, 5) is 27.8. The van der Waals surface area contributed by atoms with E-state index >= 15 is 0 Å². The zero-order valence-electron chi connectivity index (χ0n) is 19.8. The van der Waals surface area contributed by atoms with E-state index in [1.807, 2.05) is 12.1 Å². The molecule has 1 saturated heterocycles. The number of aliphatic hydroxyl groups is 1. The smallest absolute Gasteiger partial charge is 0.328 e. The first-order chi connectivity index (χ1) is 17.4. The number of aromatic amines is 1. The lowest BCUT2D eigenvalue weighted by atomic mass is 10.1. The lowest BCUT2D eigenvalue weighted by Gasteiger charge is -2.31. The number of rotatable bonds is 6. The maximum Gasteiger partial charge on any atom is 0.328 e. The number of allylic oxidation sites excluding steroid dienone is 1. The van der Waals surface area contributed by atoms with Crippen LogP contribution in [-0.4, -0.2) is 76.6 Å². The average Bonchev–Trinajstić information content (AvgIpc) is 3.29. The van der Waals surface area contributed by atoms with E-state index in [1.165, 1.54) is 24.3 Å². The molecule has 3 aromatic rings. The summed E-state index contributed by atoms with van der Waals surface area (Å²) in [5, 5.41) is 10.7. The summed E-state index contributed by atoms with van der Waals surface area (Å²) in [5.41, 5.74) is 3.69. The number of nitrogens with one attached hydrogen (secondary N) is 1. The molecule has 2 aromatic heterocycles. The third-order valence-corrected chi connectivity index (χ3v) is 6.43. The van der Waals surface area contributed by atoms with Crippen molar-refractivity contribution in [2.45, 2.75) is 19.2 Å². The number of hydrogen-bond acceptors (Lipinski definition) is 9. The van der Waals surface area contributed by atoms with Crippen molar-refractivity contribution >= 4 is 34.4 Å². The van der Waals surface area contributed by atoms with Crippen LogP contribution >= 0.6 is 11.6 Å². The predicted molar refractivity (Wildman–Crippen MR) is 135 cm³/mol. The fourth-order valence-electron chi connectivity index (χ4n) is 4.15. The molecule has 0 radical (unpaired) electrons. The zero-order valence-corrected chi connectivity index (χ0v) is 20.6. The number of benzene rings is 1. The molecule has 5 rings (SSSR count). The van der Waals surface area contributed by atoms with Crippen LogP contribution in [0.15, 0.2) is 54.4 Å². The number of esters is 1. The number of imidazole rings is 1. The summed E-state index contributed by atoms with van der Waals surface area (Å²) in [5.74, 6) is -0.104. The van der Waals surface area contributed by atoms with Gasteiger partial charge in [0.2, 0.25) is 0 Å². The molecule has 2 aliphatic rings. The summed E-state index contributed by atoms with van der Waals surface area (Å²) in [6, 6.07) is 9.35. The van der Waals surface area contributed by atoms with Crippen LogP contribution in [-0.2, 0) is 14.3 Å². The molecule has 0 aliphatic carbocycles. The number of H-pyrrole nitrogens is 1. The van der Waals surface area contributed by atoms with Crippen LogP contribution in [0.1, 0.15) is 6.92 Å². The van der Waals surface area contributed by atoms with Gasteiger partial charge in [0.1, 0.15) is 18.0 Å². The Morgan fingerprint density at radius 3 is 2.72 bits per heavy atom. The molecule has 188 valence electrons. The van der Waals surface area contributed by atoms with Crippen LogP contribution in [0.4, 0.5) is 5.69 Å². The number of halogens is 1. The van der Waals surface area contributed by atoms with E-state index in [9.17, 15) is 9.90 Å². The van der Waals surface area contributed by atoms with Crippen molar-refractivity contribution in [3.05, 3.63) is 59.5 Å². The Kier molecular flexibility index (Phi) is 6.82. The van der Waals surface area contributed by atoms with E-state index in [0.29, 0.717) is 27.6 Å². The third kappa shape index (κ3) is 4.88. The first-order valence-electron chi connectivity index (χ1n) is 11.5. The second-order valence-corrected chi connectivity index (χ2v) is 8.84. The zero-order chi connectivity index (χ0) is 25.2. The largest absolute Gasteiger partial charge is 0.467 e. The van der Waals surface area contributed by atoms with E-state index in [0.717, 1.165) is 37.6 Å². The Hall–Kier alpha value is -3.60. The molecular formula is C25H26ClN5O5. The number of hydrogen-bond donors (Lipinski definition) is 2. The molecule has 0 spiro atoms. The quantitative estimate of drug-likeness (QED) is 0.482. The van der Waals surface area contributed by atoms with Crippen LogP contribution in [0.25, 0.3) is 22.4 Å². The fourth-order valence-corrected chi connectivity index (χ4v) is 4.41. The normalized spacial score (nSPS) is 18.8. The highest BCUT2D eigenvalue weighted by molar-refractivity contribution is 6.33. The van der Waals surface area contributed by atoms with Crippen molar-refractivity contribution in [3.8, 4) is 17.3 Å². The molecule has 10 nitrogen and oxygen atoms in total. The monoisotopic (exact) mass is 511 g/mol. The molecule has 2 N–H and O–H groups in total. The lowest BCUT2D eigenvalue weighted by Crippen LogP contribution is -2.43. The number of pyridine rings is 1. The van der Waals surface area contributed by atoms with Gasteiger partial charge in [-0.1, -0.05) is 23.7 Å². The molecule has 0 bridgehead atoms.